The van der Waals surface area contributed by atoms with Crippen molar-refractivity contribution in [3.05, 3.63) is 64.7 Å². The fraction of sp³-hybridized carbons (Fsp3) is 0.318. The number of nitrogens with zero attached hydrogens (tertiary/aromatic N) is 3. The Balaban J connectivity index is 1.34. The highest BCUT2D eigenvalue weighted by atomic mass is 35.5. The van der Waals surface area contributed by atoms with Crippen LogP contribution in [0.5, 0.6) is 0 Å². The molecule has 2 aliphatic rings. The number of H-pyrrole nitrogens is 1. The molecule has 3 aromatic rings. The van der Waals surface area contributed by atoms with Crippen LogP contribution in [0.4, 0.5) is 10.2 Å². The summed E-state index contributed by atoms with van der Waals surface area (Å²) in [4.78, 5) is 18.8. The Labute approximate surface area is 172 Å². The number of hydrogen-bond donors (Lipinski definition) is 1. The molecular weight excluding hydrogens is 391 g/mol. The molecule has 7 heteroatoms. The molecule has 2 aromatic heterocycles. The number of benzene rings is 1. The third kappa shape index (κ3) is 3.53. The standard InChI is InChI=1S/C22H20ClFN4O/c23-18-4-3-14(9-19(18)24)15-6-8-28(22(29)10-15)21-11-20(26-27-21)16-5-7-25-12-17(16)13-1-2-13/h3-5,7,9,11-13,15H,1-2,6,8,10H2,(H,26,27). The second-order valence-electron chi connectivity index (χ2n) is 7.78. The maximum atomic E-state index is 13.8. The van der Waals surface area contributed by atoms with Crippen molar-refractivity contribution < 1.29 is 9.18 Å². The first-order chi connectivity index (χ1) is 14.1. The first kappa shape index (κ1) is 18.3. The zero-order valence-electron chi connectivity index (χ0n) is 15.7. The highest BCUT2D eigenvalue weighted by Crippen LogP contribution is 2.44. The van der Waals surface area contributed by atoms with E-state index in [0.29, 0.717) is 24.7 Å². The van der Waals surface area contributed by atoms with E-state index in [1.165, 1.54) is 24.5 Å². The zero-order chi connectivity index (χ0) is 20.0. The van der Waals surface area contributed by atoms with Crippen molar-refractivity contribution in [2.45, 2.75) is 37.5 Å². The van der Waals surface area contributed by atoms with Gasteiger partial charge < -0.3 is 0 Å². The second-order valence-corrected chi connectivity index (χ2v) is 8.19. The summed E-state index contributed by atoms with van der Waals surface area (Å²) in [7, 11) is 0. The van der Waals surface area contributed by atoms with E-state index in [0.717, 1.165) is 23.2 Å². The van der Waals surface area contributed by atoms with E-state index in [1.54, 1.807) is 23.2 Å². The lowest BCUT2D eigenvalue weighted by Gasteiger charge is -2.30. The minimum absolute atomic E-state index is 0.00366. The molecule has 29 heavy (non-hydrogen) atoms. The van der Waals surface area contributed by atoms with Gasteiger partial charge in [-0.15, -0.1) is 0 Å². The SMILES string of the molecule is O=C1CC(c2ccc(Cl)c(F)c2)CCN1c1cc(-c2ccncc2C2CC2)n[nH]1. The van der Waals surface area contributed by atoms with Crippen molar-refractivity contribution in [1.82, 2.24) is 15.2 Å². The van der Waals surface area contributed by atoms with Gasteiger partial charge in [-0.3, -0.25) is 19.8 Å². The molecule has 3 heterocycles. The van der Waals surface area contributed by atoms with Crippen LogP contribution in [-0.4, -0.2) is 27.6 Å². The van der Waals surface area contributed by atoms with Crippen LogP contribution in [0.15, 0.2) is 42.7 Å². The molecule has 1 aromatic carbocycles. The molecule has 0 spiro atoms. The summed E-state index contributed by atoms with van der Waals surface area (Å²) in [6, 6.07) is 8.71. The van der Waals surface area contributed by atoms with Crippen LogP contribution < -0.4 is 4.90 Å². The monoisotopic (exact) mass is 410 g/mol. The Morgan fingerprint density at radius 2 is 2.00 bits per heavy atom. The van der Waals surface area contributed by atoms with Crippen molar-refractivity contribution in [1.29, 1.82) is 0 Å². The van der Waals surface area contributed by atoms with Gasteiger partial charge in [-0.25, -0.2) is 4.39 Å². The van der Waals surface area contributed by atoms with Crippen molar-refractivity contribution in [3.8, 4) is 11.3 Å². The predicted molar refractivity (Wildman–Crippen MR) is 110 cm³/mol. The van der Waals surface area contributed by atoms with Crippen LogP contribution >= 0.6 is 11.6 Å². The Morgan fingerprint density at radius 1 is 1.14 bits per heavy atom. The summed E-state index contributed by atoms with van der Waals surface area (Å²) in [5.74, 6) is 0.819. The Bertz CT molecular complexity index is 1080. The van der Waals surface area contributed by atoms with Crippen LogP contribution in [0.3, 0.4) is 0 Å². The smallest absolute Gasteiger partial charge is 0.228 e. The number of nitrogens with one attached hydrogen (secondary N) is 1. The normalized spacial score (nSPS) is 19.6. The summed E-state index contributed by atoms with van der Waals surface area (Å²) in [6.45, 7) is 0.557. The minimum atomic E-state index is -0.443. The van der Waals surface area contributed by atoms with Gasteiger partial charge in [0.1, 0.15) is 11.6 Å². The Kier molecular flexibility index (Phi) is 4.59. The van der Waals surface area contributed by atoms with Gasteiger partial charge in [-0.2, -0.15) is 5.10 Å². The predicted octanol–water partition coefficient (Wildman–Crippen LogP) is 5.05. The summed E-state index contributed by atoms with van der Waals surface area (Å²) < 4.78 is 13.8. The molecule has 1 aliphatic heterocycles. The number of halogens is 2. The maximum Gasteiger partial charge on any atom is 0.228 e. The quantitative estimate of drug-likeness (QED) is 0.654. The highest BCUT2D eigenvalue weighted by molar-refractivity contribution is 6.30. The number of carbonyl (C=O) groups excluding carboxylic acids is 1. The molecule has 1 N–H and O–H groups in total. The maximum absolute atomic E-state index is 13.8. The molecule has 1 amide bonds. The van der Waals surface area contributed by atoms with E-state index >= 15 is 0 Å². The van der Waals surface area contributed by atoms with Crippen molar-refractivity contribution in [2.75, 3.05) is 11.4 Å². The molecule has 1 saturated heterocycles. The highest BCUT2D eigenvalue weighted by Gasteiger charge is 2.30. The fourth-order valence-corrected chi connectivity index (χ4v) is 4.20. The lowest BCUT2D eigenvalue weighted by Crippen LogP contribution is -2.38. The molecule has 1 aliphatic carbocycles. The average molecular weight is 411 g/mol. The van der Waals surface area contributed by atoms with E-state index in [9.17, 15) is 9.18 Å². The van der Waals surface area contributed by atoms with E-state index in [2.05, 4.69) is 15.2 Å². The topological polar surface area (TPSA) is 61.9 Å². The molecule has 0 bridgehead atoms. The summed E-state index contributed by atoms with van der Waals surface area (Å²) in [5.41, 5.74) is 3.94. The molecule has 148 valence electrons. The summed E-state index contributed by atoms with van der Waals surface area (Å²) >= 11 is 5.77. The first-order valence-electron chi connectivity index (χ1n) is 9.85. The van der Waals surface area contributed by atoms with Crippen LogP contribution in [0.25, 0.3) is 11.3 Å². The van der Waals surface area contributed by atoms with E-state index in [-0.39, 0.29) is 16.8 Å². The molecule has 2 fully saturated rings. The summed E-state index contributed by atoms with van der Waals surface area (Å²) in [5, 5.41) is 7.57. The second kappa shape index (κ2) is 7.26. The van der Waals surface area contributed by atoms with E-state index < -0.39 is 5.82 Å². The molecule has 0 radical (unpaired) electrons. The lowest BCUT2D eigenvalue weighted by molar-refractivity contribution is -0.120. The van der Waals surface area contributed by atoms with Gasteiger partial charge in [-0.1, -0.05) is 17.7 Å². The number of carbonyl (C=O) groups is 1. The van der Waals surface area contributed by atoms with E-state index in [4.69, 9.17) is 11.6 Å². The lowest BCUT2D eigenvalue weighted by atomic mass is 9.89. The third-order valence-corrected chi connectivity index (χ3v) is 6.14. The van der Waals surface area contributed by atoms with Gasteiger partial charge in [0, 0.05) is 37.0 Å². The Hall–Kier alpha value is -2.73. The van der Waals surface area contributed by atoms with Crippen LogP contribution in [0, 0.1) is 5.82 Å². The van der Waals surface area contributed by atoms with E-state index in [1.807, 2.05) is 18.3 Å². The van der Waals surface area contributed by atoms with Gasteiger partial charge in [-0.05, 0) is 60.4 Å². The average Bonchev–Trinajstić information content (AvgIpc) is 3.47. The number of anilines is 1. The van der Waals surface area contributed by atoms with Gasteiger partial charge in [0.25, 0.3) is 0 Å². The Morgan fingerprint density at radius 3 is 2.76 bits per heavy atom. The number of amides is 1. The molecule has 5 rings (SSSR count). The first-order valence-corrected chi connectivity index (χ1v) is 10.2. The van der Waals surface area contributed by atoms with Crippen molar-refractivity contribution in [3.63, 3.8) is 0 Å². The number of aromatic nitrogens is 3. The fourth-order valence-electron chi connectivity index (χ4n) is 4.09. The number of aromatic amines is 1. The van der Waals surface area contributed by atoms with Gasteiger partial charge in [0.15, 0.2) is 0 Å². The van der Waals surface area contributed by atoms with Gasteiger partial charge in [0.05, 0.1) is 10.7 Å². The number of hydrogen-bond acceptors (Lipinski definition) is 3. The molecule has 1 saturated carbocycles. The molecule has 1 unspecified atom stereocenters. The minimum Gasteiger partial charge on any atom is -0.297 e. The number of pyridine rings is 1. The molecule has 5 nitrogen and oxygen atoms in total. The van der Waals surface area contributed by atoms with Gasteiger partial charge >= 0.3 is 0 Å². The van der Waals surface area contributed by atoms with Crippen LogP contribution in [-0.2, 0) is 4.79 Å². The van der Waals surface area contributed by atoms with Crippen LogP contribution in [0.1, 0.15) is 48.6 Å². The molecule has 1 atom stereocenters. The van der Waals surface area contributed by atoms with Crippen LogP contribution in [0.2, 0.25) is 5.02 Å². The number of rotatable bonds is 4. The number of piperidine rings is 1. The largest absolute Gasteiger partial charge is 0.297 e. The zero-order valence-corrected chi connectivity index (χ0v) is 16.5. The van der Waals surface area contributed by atoms with Gasteiger partial charge in [0.2, 0.25) is 5.91 Å². The van der Waals surface area contributed by atoms with Crippen molar-refractivity contribution >= 4 is 23.3 Å². The third-order valence-electron chi connectivity index (χ3n) is 5.84. The summed E-state index contributed by atoms with van der Waals surface area (Å²) in [6.07, 6.45) is 7.16. The van der Waals surface area contributed by atoms with Crippen molar-refractivity contribution in [2.24, 2.45) is 0 Å². The molecular formula is C22H20ClFN4O.